The van der Waals surface area contributed by atoms with E-state index in [0.717, 1.165) is 35.4 Å². The molecule has 1 saturated heterocycles. The van der Waals surface area contributed by atoms with Crippen molar-refractivity contribution in [3.8, 4) is 0 Å². The van der Waals surface area contributed by atoms with Crippen LogP contribution >= 0.6 is 27.3 Å². The van der Waals surface area contributed by atoms with E-state index in [1.807, 2.05) is 6.92 Å². The predicted molar refractivity (Wildman–Crippen MR) is 65.0 cm³/mol. The Balaban J connectivity index is 2.21. The highest BCUT2D eigenvalue weighted by Gasteiger charge is 2.37. The molecule has 84 valence electrons. The van der Waals surface area contributed by atoms with E-state index in [9.17, 15) is 5.11 Å². The van der Waals surface area contributed by atoms with Crippen molar-refractivity contribution < 1.29 is 5.11 Å². The van der Waals surface area contributed by atoms with Crippen LogP contribution in [0.15, 0.2) is 10.1 Å². The van der Waals surface area contributed by atoms with Gasteiger partial charge in [-0.1, -0.05) is 0 Å². The van der Waals surface area contributed by atoms with Gasteiger partial charge in [0.05, 0.1) is 10.4 Å². The van der Waals surface area contributed by atoms with E-state index in [0.29, 0.717) is 0 Å². The first-order valence-corrected chi connectivity index (χ1v) is 6.82. The van der Waals surface area contributed by atoms with E-state index in [1.54, 1.807) is 5.51 Å². The number of aliphatic hydroxyl groups is 1. The highest BCUT2D eigenvalue weighted by atomic mass is 79.9. The fraction of sp³-hybridized carbons (Fsp3) is 0.700. The molecule has 2 rings (SSSR count). The number of rotatable bonds is 2. The molecule has 1 aliphatic rings. The smallest absolute Gasteiger partial charge is 0.123 e. The van der Waals surface area contributed by atoms with Crippen LogP contribution in [-0.2, 0) is 5.60 Å². The van der Waals surface area contributed by atoms with Gasteiger partial charge < -0.3 is 10.4 Å². The summed E-state index contributed by atoms with van der Waals surface area (Å²) >= 11 is 4.90. The summed E-state index contributed by atoms with van der Waals surface area (Å²) in [6.07, 6.45) is 2.21. The van der Waals surface area contributed by atoms with Crippen LogP contribution in [0.4, 0.5) is 0 Å². The SMILES string of the molecule is CC(O)(c1scnc1Br)C1CCCNC1. The Morgan fingerprint density at radius 2 is 2.53 bits per heavy atom. The largest absolute Gasteiger partial charge is 0.384 e. The van der Waals surface area contributed by atoms with Crippen LogP contribution in [-0.4, -0.2) is 23.2 Å². The van der Waals surface area contributed by atoms with E-state index in [4.69, 9.17) is 0 Å². The van der Waals surface area contributed by atoms with Gasteiger partial charge in [-0.05, 0) is 42.2 Å². The molecule has 3 nitrogen and oxygen atoms in total. The van der Waals surface area contributed by atoms with E-state index in [2.05, 4.69) is 26.2 Å². The zero-order chi connectivity index (χ0) is 10.9. The number of hydrogen-bond donors (Lipinski definition) is 2. The minimum Gasteiger partial charge on any atom is -0.384 e. The maximum Gasteiger partial charge on any atom is 0.123 e. The minimum atomic E-state index is -0.770. The van der Waals surface area contributed by atoms with Gasteiger partial charge in [0.15, 0.2) is 0 Å². The lowest BCUT2D eigenvalue weighted by atomic mass is 9.83. The second-order valence-corrected chi connectivity index (χ2v) is 5.77. The van der Waals surface area contributed by atoms with Crippen molar-refractivity contribution in [2.45, 2.75) is 25.4 Å². The van der Waals surface area contributed by atoms with Crippen LogP contribution in [0.1, 0.15) is 24.6 Å². The molecule has 15 heavy (non-hydrogen) atoms. The normalized spacial score (nSPS) is 26.2. The Morgan fingerprint density at radius 3 is 3.07 bits per heavy atom. The summed E-state index contributed by atoms with van der Waals surface area (Å²) in [5, 5.41) is 13.9. The first-order valence-electron chi connectivity index (χ1n) is 5.15. The van der Waals surface area contributed by atoms with Crippen LogP contribution in [0.25, 0.3) is 0 Å². The second-order valence-electron chi connectivity index (χ2n) is 4.16. The zero-order valence-corrected chi connectivity index (χ0v) is 11.1. The van der Waals surface area contributed by atoms with Crippen molar-refractivity contribution in [3.63, 3.8) is 0 Å². The zero-order valence-electron chi connectivity index (χ0n) is 8.66. The van der Waals surface area contributed by atoms with Gasteiger partial charge in [0.1, 0.15) is 10.2 Å². The fourth-order valence-electron chi connectivity index (χ4n) is 2.08. The van der Waals surface area contributed by atoms with Crippen molar-refractivity contribution in [2.24, 2.45) is 5.92 Å². The summed E-state index contributed by atoms with van der Waals surface area (Å²) < 4.78 is 0.781. The van der Waals surface area contributed by atoms with Gasteiger partial charge >= 0.3 is 0 Å². The topological polar surface area (TPSA) is 45.2 Å². The van der Waals surface area contributed by atoms with E-state index in [1.165, 1.54) is 11.3 Å². The highest BCUT2D eigenvalue weighted by Crippen LogP contribution is 2.39. The van der Waals surface area contributed by atoms with Crippen molar-refractivity contribution in [1.29, 1.82) is 0 Å². The highest BCUT2D eigenvalue weighted by molar-refractivity contribution is 9.10. The number of piperidine rings is 1. The Morgan fingerprint density at radius 1 is 1.73 bits per heavy atom. The van der Waals surface area contributed by atoms with E-state index < -0.39 is 5.60 Å². The third-order valence-corrected chi connectivity index (χ3v) is 4.99. The van der Waals surface area contributed by atoms with Crippen LogP contribution in [0, 0.1) is 5.92 Å². The van der Waals surface area contributed by atoms with Gasteiger partial charge in [0.25, 0.3) is 0 Å². The molecule has 0 bridgehead atoms. The van der Waals surface area contributed by atoms with Crippen LogP contribution in [0.3, 0.4) is 0 Å². The lowest BCUT2D eigenvalue weighted by Crippen LogP contribution is -2.42. The first kappa shape index (κ1) is 11.5. The Bertz CT molecular complexity index is 334. The molecule has 1 aromatic rings. The summed E-state index contributed by atoms with van der Waals surface area (Å²) in [7, 11) is 0. The molecule has 0 aliphatic carbocycles. The fourth-order valence-corrected chi connectivity index (χ4v) is 3.82. The Labute approximate surface area is 102 Å². The molecule has 0 amide bonds. The number of thiazole rings is 1. The first-order chi connectivity index (χ1) is 7.12. The molecular weight excluding hydrogens is 276 g/mol. The summed E-state index contributed by atoms with van der Waals surface area (Å²) in [5.41, 5.74) is 0.998. The monoisotopic (exact) mass is 290 g/mol. The number of nitrogens with one attached hydrogen (secondary N) is 1. The predicted octanol–water partition coefficient (Wildman–Crippen LogP) is 2.11. The van der Waals surface area contributed by atoms with Gasteiger partial charge in [-0.3, -0.25) is 0 Å². The van der Waals surface area contributed by atoms with Crippen molar-refractivity contribution in [2.75, 3.05) is 13.1 Å². The average molecular weight is 291 g/mol. The Hall–Kier alpha value is 0.0300. The molecule has 5 heteroatoms. The molecule has 0 saturated carbocycles. The molecule has 2 atom stereocenters. The molecule has 1 aliphatic heterocycles. The van der Waals surface area contributed by atoms with Crippen molar-refractivity contribution in [3.05, 3.63) is 15.0 Å². The van der Waals surface area contributed by atoms with Gasteiger partial charge in [0, 0.05) is 12.5 Å². The molecule has 2 unspecified atom stereocenters. The molecular formula is C10H15BrN2OS. The van der Waals surface area contributed by atoms with Crippen LogP contribution < -0.4 is 5.32 Å². The van der Waals surface area contributed by atoms with Gasteiger partial charge in [-0.2, -0.15) is 0 Å². The molecule has 0 radical (unpaired) electrons. The number of hydrogen-bond acceptors (Lipinski definition) is 4. The van der Waals surface area contributed by atoms with Crippen LogP contribution in [0.2, 0.25) is 0 Å². The Kier molecular flexibility index (Phi) is 3.45. The average Bonchev–Trinajstić information content (AvgIpc) is 2.66. The van der Waals surface area contributed by atoms with Crippen molar-refractivity contribution >= 4 is 27.3 Å². The number of aromatic nitrogens is 1. The second kappa shape index (κ2) is 4.49. The van der Waals surface area contributed by atoms with E-state index in [-0.39, 0.29) is 5.92 Å². The van der Waals surface area contributed by atoms with Gasteiger partial charge in [-0.25, -0.2) is 4.98 Å². The van der Waals surface area contributed by atoms with Gasteiger partial charge in [-0.15, -0.1) is 11.3 Å². The lowest BCUT2D eigenvalue weighted by molar-refractivity contribution is -0.0131. The molecule has 0 spiro atoms. The maximum atomic E-state index is 10.6. The molecule has 1 fully saturated rings. The summed E-state index contributed by atoms with van der Waals surface area (Å²) in [6.45, 7) is 3.84. The van der Waals surface area contributed by atoms with E-state index >= 15 is 0 Å². The third-order valence-electron chi connectivity index (χ3n) is 3.08. The van der Waals surface area contributed by atoms with Gasteiger partial charge in [0.2, 0.25) is 0 Å². The quantitative estimate of drug-likeness (QED) is 0.877. The third kappa shape index (κ3) is 2.25. The molecule has 2 heterocycles. The molecule has 0 aromatic carbocycles. The lowest BCUT2D eigenvalue weighted by Gasteiger charge is -2.35. The summed E-state index contributed by atoms with van der Waals surface area (Å²) in [4.78, 5) is 5.07. The maximum absolute atomic E-state index is 10.6. The standard InChI is InChI=1S/C10H15BrN2OS/c1-10(14,7-3-2-4-12-5-7)8-9(11)13-6-15-8/h6-7,12,14H,2-5H2,1H3. The number of nitrogens with zero attached hydrogens (tertiary/aromatic N) is 1. The summed E-state index contributed by atoms with van der Waals surface area (Å²) in [6, 6.07) is 0. The number of halogens is 1. The summed E-state index contributed by atoms with van der Waals surface area (Å²) in [5.74, 6) is 0.281. The molecule has 1 aromatic heterocycles. The van der Waals surface area contributed by atoms with Crippen LogP contribution in [0.5, 0.6) is 0 Å². The molecule has 2 N–H and O–H groups in total. The minimum absolute atomic E-state index is 0.281. The van der Waals surface area contributed by atoms with Crippen molar-refractivity contribution in [1.82, 2.24) is 10.3 Å².